The number of amides is 2. The average Bonchev–Trinajstić information content (AvgIpc) is 3.30. The van der Waals surface area contributed by atoms with Crippen molar-refractivity contribution in [3.63, 3.8) is 0 Å². The second-order valence-electron chi connectivity index (χ2n) is 8.43. The Morgan fingerprint density at radius 1 is 1.03 bits per heavy atom. The first-order chi connectivity index (χ1) is 16.4. The topological polar surface area (TPSA) is 89.8 Å². The van der Waals surface area contributed by atoms with Gasteiger partial charge in [-0.15, -0.1) is 0 Å². The van der Waals surface area contributed by atoms with Crippen LogP contribution in [0.2, 0.25) is 0 Å². The maximum Gasteiger partial charge on any atom is 0.259 e. The van der Waals surface area contributed by atoms with E-state index in [9.17, 15) is 9.59 Å². The van der Waals surface area contributed by atoms with Crippen molar-refractivity contribution in [2.75, 3.05) is 33.3 Å². The van der Waals surface area contributed by atoms with Gasteiger partial charge in [0, 0.05) is 44.6 Å². The lowest BCUT2D eigenvalue weighted by Crippen LogP contribution is -2.42. The number of benzene rings is 1. The van der Waals surface area contributed by atoms with Crippen LogP contribution in [0.3, 0.4) is 0 Å². The number of carbonyl (C=O) groups excluding carboxylic acids is 2. The largest absolute Gasteiger partial charge is 0.488 e. The Bertz CT molecular complexity index is 1160. The Kier molecular flexibility index (Phi) is 7.10. The molecule has 9 heteroatoms. The number of ether oxygens (including phenoxy) is 2. The third-order valence-corrected chi connectivity index (χ3v) is 5.65. The number of aromatic nitrogens is 3. The van der Waals surface area contributed by atoms with Gasteiger partial charge in [-0.25, -0.2) is 9.97 Å². The lowest BCUT2D eigenvalue weighted by molar-refractivity contribution is -0.132. The van der Waals surface area contributed by atoms with Gasteiger partial charge in [0.15, 0.2) is 11.5 Å². The van der Waals surface area contributed by atoms with Gasteiger partial charge in [0.1, 0.15) is 24.5 Å². The average molecular weight is 464 g/mol. The molecule has 3 aromatic rings. The molecule has 0 bridgehead atoms. The SMILES string of the molecule is CC(C)c1nccn1CC(=O)N1CCOc2ccccc2Oc2ncccc2C(=O)N(C)CC1. The molecule has 0 saturated heterocycles. The summed E-state index contributed by atoms with van der Waals surface area (Å²) in [5.41, 5.74) is 0.344. The number of hydrogen-bond donors (Lipinski definition) is 0. The first-order valence-electron chi connectivity index (χ1n) is 11.3. The summed E-state index contributed by atoms with van der Waals surface area (Å²) in [5.74, 6) is 1.95. The smallest absolute Gasteiger partial charge is 0.259 e. The highest BCUT2D eigenvalue weighted by Gasteiger charge is 2.23. The molecule has 0 fully saturated rings. The van der Waals surface area contributed by atoms with E-state index in [1.165, 1.54) is 0 Å². The van der Waals surface area contributed by atoms with Crippen molar-refractivity contribution in [3.8, 4) is 17.4 Å². The molecule has 0 aliphatic carbocycles. The highest BCUT2D eigenvalue weighted by Crippen LogP contribution is 2.32. The Balaban J connectivity index is 1.60. The predicted molar refractivity (Wildman–Crippen MR) is 126 cm³/mol. The molecule has 178 valence electrons. The Hall–Kier alpha value is -3.88. The molecule has 2 aromatic heterocycles. The van der Waals surface area contributed by atoms with Gasteiger partial charge >= 0.3 is 0 Å². The minimum absolute atomic E-state index is 0.0641. The highest BCUT2D eigenvalue weighted by atomic mass is 16.5. The molecule has 9 nitrogen and oxygen atoms in total. The van der Waals surface area contributed by atoms with Gasteiger partial charge in [0.2, 0.25) is 11.8 Å². The molecule has 0 N–H and O–H groups in total. The first-order valence-corrected chi connectivity index (χ1v) is 11.3. The van der Waals surface area contributed by atoms with E-state index in [1.54, 1.807) is 53.5 Å². The molecule has 0 radical (unpaired) electrons. The van der Waals surface area contributed by atoms with Gasteiger partial charge in [-0.1, -0.05) is 26.0 Å². The van der Waals surface area contributed by atoms with E-state index in [4.69, 9.17) is 9.47 Å². The van der Waals surface area contributed by atoms with Crippen molar-refractivity contribution in [1.29, 1.82) is 0 Å². The third-order valence-electron chi connectivity index (χ3n) is 5.65. The highest BCUT2D eigenvalue weighted by molar-refractivity contribution is 5.96. The van der Waals surface area contributed by atoms with Crippen molar-refractivity contribution < 1.29 is 19.1 Å². The van der Waals surface area contributed by atoms with Crippen molar-refractivity contribution in [3.05, 3.63) is 66.4 Å². The standard InChI is InChI=1S/C25H29N5O4/c1-18(2)23-26-11-12-30(23)17-22(31)29-14-13-28(3)25(32)19-7-6-10-27-24(19)34-21-9-5-4-8-20(21)33-16-15-29/h4-12,18H,13-17H2,1-3H3. The summed E-state index contributed by atoms with van der Waals surface area (Å²) in [6.07, 6.45) is 5.10. The summed E-state index contributed by atoms with van der Waals surface area (Å²) >= 11 is 0. The van der Waals surface area contributed by atoms with E-state index in [-0.39, 0.29) is 36.8 Å². The van der Waals surface area contributed by atoms with Crippen LogP contribution in [0.15, 0.2) is 55.0 Å². The van der Waals surface area contributed by atoms with Gasteiger partial charge in [-0.2, -0.15) is 0 Å². The first kappa shape index (κ1) is 23.3. The van der Waals surface area contributed by atoms with E-state index in [1.807, 2.05) is 36.7 Å². The van der Waals surface area contributed by atoms with Crippen molar-refractivity contribution in [2.45, 2.75) is 26.3 Å². The second kappa shape index (κ2) is 10.4. The maximum absolute atomic E-state index is 13.2. The van der Waals surface area contributed by atoms with Crippen LogP contribution >= 0.6 is 0 Å². The predicted octanol–water partition coefficient (Wildman–Crippen LogP) is 3.19. The summed E-state index contributed by atoms with van der Waals surface area (Å²) in [4.78, 5) is 38.3. The number of likely N-dealkylation sites (N-methyl/N-ethyl adjacent to an activating group) is 1. The van der Waals surface area contributed by atoms with Crippen LogP contribution in [0.4, 0.5) is 0 Å². The summed E-state index contributed by atoms with van der Waals surface area (Å²) < 4.78 is 13.8. The van der Waals surface area contributed by atoms with E-state index < -0.39 is 0 Å². The summed E-state index contributed by atoms with van der Waals surface area (Å²) in [5, 5.41) is 0. The van der Waals surface area contributed by atoms with E-state index >= 15 is 0 Å². The lowest BCUT2D eigenvalue weighted by Gasteiger charge is -2.26. The fraction of sp³-hybridized carbons (Fsp3) is 0.360. The van der Waals surface area contributed by atoms with Gasteiger partial charge < -0.3 is 23.8 Å². The molecule has 3 heterocycles. The van der Waals surface area contributed by atoms with Crippen LogP contribution in [0.25, 0.3) is 0 Å². The van der Waals surface area contributed by atoms with Crippen LogP contribution in [0.5, 0.6) is 17.4 Å². The van der Waals surface area contributed by atoms with Crippen LogP contribution in [0.1, 0.15) is 35.9 Å². The van der Waals surface area contributed by atoms with E-state index in [0.717, 1.165) is 5.82 Å². The van der Waals surface area contributed by atoms with Crippen molar-refractivity contribution >= 4 is 11.8 Å². The van der Waals surface area contributed by atoms with Crippen LogP contribution < -0.4 is 9.47 Å². The van der Waals surface area contributed by atoms with Crippen LogP contribution in [0, 0.1) is 0 Å². The molecule has 34 heavy (non-hydrogen) atoms. The molecule has 1 aromatic carbocycles. The zero-order valence-corrected chi connectivity index (χ0v) is 19.7. The molecule has 0 saturated carbocycles. The monoisotopic (exact) mass is 463 g/mol. The number of pyridine rings is 1. The minimum Gasteiger partial charge on any atom is -0.488 e. The normalized spacial score (nSPS) is 14.8. The van der Waals surface area contributed by atoms with E-state index in [0.29, 0.717) is 36.7 Å². The lowest BCUT2D eigenvalue weighted by atomic mass is 10.2. The summed E-state index contributed by atoms with van der Waals surface area (Å²) in [7, 11) is 1.71. The summed E-state index contributed by atoms with van der Waals surface area (Å²) in [6, 6.07) is 10.6. The maximum atomic E-state index is 13.2. The third kappa shape index (κ3) is 5.19. The number of nitrogens with zero attached hydrogens (tertiary/aromatic N) is 5. The number of carbonyl (C=O) groups is 2. The molecule has 1 aliphatic rings. The molecule has 0 unspecified atom stereocenters. The van der Waals surface area contributed by atoms with Crippen molar-refractivity contribution in [1.82, 2.24) is 24.3 Å². The summed E-state index contributed by atoms with van der Waals surface area (Å²) in [6.45, 7) is 5.64. The molecule has 2 amide bonds. The Labute approximate surface area is 198 Å². The van der Waals surface area contributed by atoms with Gasteiger partial charge in [-0.05, 0) is 24.3 Å². The fourth-order valence-corrected chi connectivity index (χ4v) is 3.80. The molecule has 4 rings (SSSR count). The molecule has 1 aliphatic heterocycles. The number of hydrogen-bond acceptors (Lipinski definition) is 6. The second-order valence-corrected chi connectivity index (χ2v) is 8.43. The van der Waals surface area contributed by atoms with Crippen LogP contribution in [-0.2, 0) is 11.3 Å². The van der Waals surface area contributed by atoms with Gasteiger partial charge in [0.25, 0.3) is 5.91 Å². The van der Waals surface area contributed by atoms with Gasteiger partial charge in [0.05, 0.1) is 6.54 Å². The number of imidazole rings is 1. The molecule has 0 spiro atoms. The zero-order chi connectivity index (χ0) is 24.1. The van der Waals surface area contributed by atoms with Crippen LogP contribution in [-0.4, -0.2) is 69.4 Å². The fourth-order valence-electron chi connectivity index (χ4n) is 3.80. The van der Waals surface area contributed by atoms with Gasteiger partial charge in [-0.3, -0.25) is 9.59 Å². The Morgan fingerprint density at radius 3 is 2.62 bits per heavy atom. The number of para-hydroxylation sites is 2. The quantitative estimate of drug-likeness (QED) is 0.593. The minimum atomic E-state index is -0.232. The molecule has 0 atom stereocenters. The van der Waals surface area contributed by atoms with E-state index in [2.05, 4.69) is 9.97 Å². The molecular formula is C25H29N5O4. The number of fused-ring (bicyclic) bond motifs is 2. The molecular weight excluding hydrogens is 434 g/mol. The number of rotatable bonds is 3. The van der Waals surface area contributed by atoms with Crippen molar-refractivity contribution in [2.24, 2.45) is 0 Å². The zero-order valence-electron chi connectivity index (χ0n) is 19.7. The Morgan fingerprint density at radius 2 is 1.82 bits per heavy atom.